The summed E-state index contributed by atoms with van der Waals surface area (Å²) in [4.78, 5) is 15.8. The second kappa shape index (κ2) is 8.09. The number of hydrogen-bond donors (Lipinski definition) is 0. The zero-order valence-electron chi connectivity index (χ0n) is 15.4. The summed E-state index contributed by atoms with van der Waals surface area (Å²) in [5.41, 5.74) is 1.90. The Kier molecular flexibility index (Phi) is 5.38. The van der Waals surface area contributed by atoms with Crippen LogP contribution in [-0.4, -0.2) is 61.0 Å². The molecule has 146 valence electrons. The normalized spacial score (nSPS) is 14.1. The molecule has 1 aliphatic rings. The number of amides is 1. The molecule has 4 rings (SSSR count). The molecule has 3 aromatic rings. The average molecular weight is 446 g/mol. The van der Waals surface area contributed by atoms with E-state index in [2.05, 4.69) is 36.4 Å². The minimum absolute atomic E-state index is 0.157. The molecule has 1 amide bonds. The van der Waals surface area contributed by atoms with Gasteiger partial charge in [-0.25, -0.2) is 4.68 Å². The lowest BCUT2D eigenvalue weighted by atomic mass is 10.1. The molecule has 1 fully saturated rings. The molecule has 2 aromatic heterocycles. The van der Waals surface area contributed by atoms with Crippen LogP contribution in [0, 0.1) is 0 Å². The maximum absolute atomic E-state index is 12.4. The van der Waals surface area contributed by atoms with E-state index in [0.717, 1.165) is 21.5 Å². The van der Waals surface area contributed by atoms with E-state index in [-0.39, 0.29) is 11.9 Å². The molecule has 0 spiro atoms. The summed E-state index contributed by atoms with van der Waals surface area (Å²) >= 11 is 3.48. The third-order valence-electron chi connectivity index (χ3n) is 4.76. The Labute approximate surface area is 170 Å². The minimum Gasteiger partial charge on any atom is -0.496 e. The molecule has 0 saturated carbocycles. The van der Waals surface area contributed by atoms with Crippen molar-refractivity contribution in [3.63, 3.8) is 0 Å². The highest BCUT2D eigenvalue weighted by Crippen LogP contribution is 2.26. The third-order valence-corrected chi connectivity index (χ3v) is 5.38. The Bertz CT molecular complexity index is 951. The number of ether oxygens (including phenoxy) is 1. The number of likely N-dealkylation sites (tertiary alicyclic amines) is 1. The Morgan fingerprint density at radius 1 is 1.29 bits per heavy atom. The number of hydrogen-bond acceptors (Lipinski definition) is 6. The van der Waals surface area contributed by atoms with E-state index >= 15 is 0 Å². The molecular weight excluding hydrogens is 426 g/mol. The van der Waals surface area contributed by atoms with E-state index < -0.39 is 0 Å². The molecule has 0 bridgehead atoms. The van der Waals surface area contributed by atoms with E-state index in [0.29, 0.717) is 32.5 Å². The Hall–Kier alpha value is -2.75. The van der Waals surface area contributed by atoms with Crippen LogP contribution in [0.5, 0.6) is 5.75 Å². The van der Waals surface area contributed by atoms with Crippen molar-refractivity contribution < 1.29 is 9.53 Å². The molecule has 0 aliphatic carbocycles. The highest BCUT2D eigenvalue weighted by atomic mass is 79.9. The van der Waals surface area contributed by atoms with E-state index in [1.807, 2.05) is 34.0 Å². The zero-order valence-corrected chi connectivity index (χ0v) is 17.0. The first-order valence-electron chi connectivity index (χ1n) is 8.97. The van der Waals surface area contributed by atoms with Crippen LogP contribution < -0.4 is 4.74 Å². The lowest BCUT2D eigenvalue weighted by Crippen LogP contribution is -2.51. The average Bonchev–Trinajstić information content (AvgIpc) is 3.32. The first kappa shape index (κ1) is 18.6. The van der Waals surface area contributed by atoms with Gasteiger partial charge in [-0.05, 0) is 40.0 Å². The van der Waals surface area contributed by atoms with Gasteiger partial charge in [-0.3, -0.25) is 4.79 Å². The van der Waals surface area contributed by atoms with Gasteiger partial charge >= 0.3 is 0 Å². The summed E-state index contributed by atoms with van der Waals surface area (Å²) in [6.45, 7) is 1.81. The molecule has 1 aromatic carbocycles. The number of rotatable bonds is 7. The number of carbonyl (C=O) groups excluding carboxylic acids is 1. The van der Waals surface area contributed by atoms with Gasteiger partial charge in [0.2, 0.25) is 5.91 Å². The summed E-state index contributed by atoms with van der Waals surface area (Å²) in [5.74, 6) is 0.945. The molecule has 0 unspecified atom stereocenters. The van der Waals surface area contributed by atoms with Gasteiger partial charge in [-0.15, -0.1) is 5.10 Å². The predicted molar refractivity (Wildman–Crippen MR) is 104 cm³/mol. The monoisotopic (exact) mass is 445 g/mol. The Morgan fingerprint density at radius 3 is 2.79 bits per heavy atom. The molecule has 0 atom stereocenters. The standard InChI is InChI=1S/C18H20BrN7O2/c1-28-17-4-2-13(8-16(17)19)3-5-18(27)24-11-15(12-24)25-9-14(22-23-25)10-26-20-6-7-21-26/h2,4,6-9,15H,3,5,10-12H2,1H3. The lowest BCUT2D eigenvalue weighted by Gasteiger charge is -2.39. The fourth-order valence-corrected chi connectivity index (χ4v) is 3.72. The van der Waals surface area contributed by atoms with Crippen molar-refractivity contribution in [1.82, 2.24) is 34.9 Å². The molecular formula is C18H20BrN7O2. The van der Waals surface area contributed by atoms with Crippen LogP contribution in [0.2, 0.25) is 0 Å². The number of aryl methyl sites for hydroxylation is 1. The van der Waals surface area contributed by atoms with Gasteiger partial charge in [0.25, 0.3) is 0 Å². The van der Waals surface area contributed by atoms with Crippen molar-refractivity contribution in [3.8, 4) is 5.75 Å². The van der Waals surface area contributed by atoms with E-state index in [1.165, 1.54) is 0 Å². The fraction of sp³-hybridized carbons (Fsp3) is 0.389. The molecule has 3 heterocycles. The summed E-state index contributed by atoms with van der Waals surface area (Å²) in [5, 5.41) is 16.5. The van der Waals surface area contributed by atoms with Crippen molar-refractivity contribution in [2.24, 2.45) is 0 Å². The summed E-state index contributed by atoms with van der Waals surface area (Å²) < 4.78 is 7.95. The molecule has 1 aliphatic heterocycles. The van der Waals surface area contributed by atoms with Gasteiger partial charge in [-0.2, -0.15) is 15.0 Å². The van der Waals surface area contributed by atoms with Crippen molar-refractivity contribution in [3.05, 3.63) is 52.5 Å². The summed E-state index contributed by atoms with van der Waals surface area (Å²) in [6.07, 6.45) is 6.34. The van der Waals surface area contributed by atoms with Crippen LogP contribution in [0.25, 0.3) is 0 Å². The molecule has 9 nitrogen and oxygen atoms in total. The van der Waals surface area contributed by atoms with Crippen molar-refractivity contribution in [2.75, 3.05) is 20.2 Å². The first-order valence-corrected chi connectivity index (χ1v) is 9.76. The van der Waals surface area contributed by atoms with Crippen LogP contribution in [0.1, 0.15) is 23.7 Å². The highest BCUT2D eigenvalue weighted by molar-refractivity contribution is 9.10. The van der Waals surface area contributed by atoms with Gasteiger partial charge in [0, 0.05) is 19.5 Å². The number of aromatic nitrogens is 6. The van der Waals surface area contributed by atoms with Gasteiger partial charge in [-0.1, -0.05) is 11.3 Å². The SMILES string of the molecule is COc1ccc(CCC(=O)N2CC(n3cc(Cn4nccn4)nn3)C2)cc1Br. The quantitative estimate of drug-likeness (QED) is 0.549. The van der Waals surface area contributed by atoms with Crippen molar-refractivity contribution >= 4 is 21.8 Å². The Balaban J connectivity index is 1.25. The minimum atomic E-state index is 0.157. The second-order valence-electron chi connectivity index (χ2n) is 6.67. The summed E-state index contributed by atoms with van der Waals surface area (Å²) in [7, 11) is 1.63. The van der Waals surface area contributed by atoms with Gasteiger partial charge < -0.3 is 9.64 Å². The largest absolute Gasteiger partial charge is 0.496 e. The predicted octanol–water partition coefficient (Wildman–Crippen LogP) is 1.71. The van der Waals surface area contributed by atoms with Crippen molar-refractivity contribution in [1.29, 1.82) is 0 Å². The van der Waals surface area contributed by atoms with Gasteiger partial charge in [0.1, 0.15) is 18.0 Å². The number of halogens is 1. The van der Waals surface area contributed by atoms with E-state index in [1.54, 1.807) is 24.3 Å². The number of nitrogens with zero attached hydrogens (tertiary/aromatic N) is 7. The maximum Gasteiger partial charge on any atom is 0.223 e. The maximum atomic E-state index is 12.4. The van der Waals surface area contributed by atoms with Crippen LogP contribution in [0.3, 0.4) is 0 Å². The van der Waals surface area contributed by atoms with Crippen LogP contribution in [-0.2, 0) is 17.8 Å². The second-order valence-corrected chi connectivity index (χ2v) is 7.53. The van der Waals surface area contributed by atoms with Crippen LogP contribution >= 0.6 is 15.9 Å². The molecule has 0 radical (unpaired) electrons. The van der Waals surface area contributed by atoms with E-state index in [4.69, 9.17) is 4.74 Å². The number of carbonyl (C=O) groups is 1. The first-order chi connectivity index (χ1) is 13.6. The number of benzene rings is 1. The topological polar surface area (TPSA) is 91.0 Å². The zero-order chi connectivity index (χ0) is 19.5. The van der Waals surface area contributed by atoms with Gasteiger partial charge in [0.05, 0.1) is 36.2 Å². The smallest absolute Gasteiger partial charge is 0.223 e. The molecule has 0 N–H and O–H groups in total. The number of methoxy groups -OCH3 is 1. The third kappa shape index (κ3) is 4.06. The van der Waals surface area contributed by atoms with Crippen LogP contribution in [0.15, 0.2) is 41.3 Å². The summed E-state index contributed by atoms with van der Waals surface area (Å²) in [6, 6.07) is 6.06. The van der Waals surface area contributed by atoms with Gasteiger partial charge in [0.15, 0.2) is 0 Å². The molecule has 1 saturated heterocycles. The molecule has 28 heavy (non-hydrogen) atoms. The van der Waals surface area contributed by atoms with Crippen molar-refractivity contribution in [2.45, 2.75) is 25.4 Å². The van der Waals surface area contributed by atoms with E-state index in [9.17, 15) is 4.79 Å². The lowest BCUT2D eigenvalue weighted by molar-refractivity contribution is -0.137. The van der Waals surface area contributed by atoms with Crippen LogP contribution in [0.4, 0.5) is 0 Å². The fourth-order valence-electron chi connectivity index (χ4n) is 3.14. The highest BCUT2D eigenvalue weighted by Gasteiger charge is 2.32. The Morgan fingerprint density at radius 2 is 2.07 bits per heavy atom. The molecule has 10 heteroatoms.